The average Bonchev–Trinajstić information content (AvgIpc) is 2.50. The molecule has 0 aliphatic heterocycles. The van der Waals surface area contributed by atoms with E-state index in [0.717, 1.165) is 35.4 Å². The minimum Gasteiger partial charge on any atom is -0.497 e. The van der Waals surface area contributed by atoms with Crippen molar-refractivity contribution in [2.24, 2.45) is 5.92 Å². The van der Waals surface area contributed by atoms with Gasteiger partial charge in [0.15, 0.2) is 0 Å². The van der Waals surface area contributed by atoms with E-state index in [4.69, 9.17) is 4.74 Å². The summed E-state index contributed by atoms with van der Waals surface area (Å²) in [5.74, 6) is 1.66. The SMILES string of the molecule is COc1cccc(CC(=O)NC2(CBr)CCC(C)CC2)c1. The van der Waals surface area contributed by atoms with Gasteiger partial charge in [0.1, 0.15) is 5.75 Å². The molecule has 1 amide bonds. The number of nitrogens with one attached hydrogen (secondary N) is 1. The van der Waals surface area contributed by atoms with Crippen molar-refractivity contribution in [3.8, 4) is 5.75 Å². The highest BCUT2D eigenvalue weighted by atomic mass is 79.9. The van der Waals surface area contributed by atoms with Gasteiger partial charge in [-0.05, 0) is 49.3 Å². The van der Waals surface area contributed by atoms with Crippen LogP contribution in [0.15, 0.2) is 24.3 Å². The number of carbonyl (C=O) groups excluding carboxylic acids is 1. The van der Waals surface area contributed by atoms with Gasteiger partial charge >= 0.3 is 0 Å². The fourth-order valence-corrected chi connectivity index (χ4v) is 3.62. The Labute approximate surface area is 135 Å². The highest BCUT2D eigenvalue weighted by Crippen LogP contribution is 2.33. The minimum atomic E-state index is -0.0670. The predicted molar refractivity (Wildman–Crippen MR) is 89.0 cm³/mol. The Morgan fingerprint density at radius 2 is 2.14 bits per heavy atom. The van der Waals surface area contributed by atoms with E-state index in [9.17, 15) is 4.79 Å². The molecule has 0 atom stereocenters. The number of methoxy groups -OCH3 is 1. The van der Waals surface area contributed by atoms with Crippen molar-refractivity contribution >= 4 is 21.8 Å². The van der Waals surface area contributed by atoms with E-state index in [1.54, 1.807) is 7.11 Å². The van der Waals surface area contributed by atoms with Gasteiger partial charge < -0.3 is 10.1 Å². The van der Waals surface area contributed by atoms with Crippen LogP contribution in [0.3, 0.4) is 0 Å². The zero-order valence-electron chi connectivity index (χ0n) is 12.8. The van der Waals surface area contributed by atoms with Crippen LogP contribution in [0.25, 0.3) is 0 Å². The molecule has 0 unspecified atom stereocenters. The minimum absolute atomic E-state index is 0.0670. The van der Waals surface area contributed by atoms with Gasteiger partial charge in [-0.15, -0.1) is 0 Å². The molecule has 0 bridgehead atoms. The second-order valence-corrected chi connectivity index (χ2v) is 6.73. The van der Waals surface area contributed by atoms with E-state index in [1.165, 1.54) is 12.8 Å². The van der Waals surface area contributed by atoms with Crippen molar-refractivity contribution in [3.05, 3.63) is 29.8 Å². The molecule has 0 spiro atoms. The molecule has 1 fully saturated rings. The maximum Gasteiger partial charge on any atom is 0.224 e. The van der Waals surface area contributed by atoms with Crippen molar-refractivity contribution in [1.29, 1.82) is 0 Å². The molecule has 1 N–H and O–H groups in total. The van der Waals surface area contributed by atoms with E-state index in [1.807, 2.05) is 24.3 Å². The van der Waals surface area contributed by atoms with Gasteiger partial charge in [0.2, 0.25) is 5.91 Å². The number of hydrogen-bond donors (Lipinski definition) is 1. The van der Waals surface area contributed by atoms with E-state index in [0.29, 0.717) is 6.42 Å². The molecule has 2 rings (SSSR count). The number of ether oxygens (including phenoxy) is 1. The first-order chi connectivity index (χ1) is 10.1. The summed E-state index contributed by atoms with van der Waals surface area (Å²) in [6, 6.07) is 7.70. The number of amides is 1. The highest BCUT2D eigenvalue weighted by molar-refractivity contribution is 9.09. The first-order valence-corrected chi connectivity index (χ1v) is 8.69. The highest BCUT2D eigenvalue weighted by Gasteiger charge is 2.34. The van der Waals surface area contributed by atoms with Gasteiger partial charge in [0.25, 0.3) is 0 Å². The fraction of sp³-hybridized carbons (Fsp3) is 0.588. The Kier molecular flexibility index (Phi) is 5.68. The molecule has 21 heavy (non-hydrogen) atoms. The third kappa shape index (κ3) is 4.47. The standard InChI is InChI=1S/C17H24BrNO2/c1-13-6-8-17(12-18,9-7-13)19-16(20)11-14-4-3-5-15(10-14)21-2/h3-5,10,13H,6-9,11-12H2,1-2H3,(H,19,20). The monoisotopic (exact) mass is 353 g/mol. The summed E-state index contributed by atoms with van der Waals surface area (Å²) in [6.45, 7) is 2.29. The number of alkyl halides is 1. The lowest BCUT2D eigenvalue weighted by Gasteiger charge is -2.39. The van der Waals surface area contributed by atoms with Crippen LogP contribution in [-0.4, -0.2) is 23.9 Å². The van der Waals surface area contributed by atoms with Gasteiger partial charge in [-0.1, -0.05) is 35.0 Å². The number of halogens is 1. The Morgan fingerprint density at radius 1 is 1.43 bits per heavy atom. The third-order valence-corrected chi connectivity index (χ3v) is 5.46. The summed E-state index contributed by atoms with van der Waals surface area (Å²) in [5.41, 5.74) is 0.920. The largest absolute Gasteiger partial charge is 0.497 e. The van der Waals surface area contributed by atoms with Gasteiger partial charge in [0, 0.05) is 10.9 Å². The molecular weight excluding hydrogens is 330 g/mol. The summed E-state index contributed by atoms with van der Waals surface area (Å²) >= 11 is 3.59. The summed E-state index contributed by atoms with van der Waals surface area (Å²) in [7, 11) is 1.64. The number of rotatable bonds is 5. The van der Waals surface area contributed by atoms with Gasteiger partial charge in [-0.25, -0.2) is 0 Å². The van der Waals surface area contributed by atoms with Crippen LogP contribution in [0.4, 0.5) is 0 Å². The Hall–Kier alpha value is -1.03. The van der Waals surface area contributed by atoms with Crippen LogP contribution >= 0.6 is 15.9 Å². The second-order valence-electron chi connectivity index (χ2n) is 6.17. The van der Waals surface area contributed by atoms with Crippen LogP contribution in [0, 0.1) is 5.92 Å². The average molecular weight is 354 g/mol. The van der Waals surface area contributed by atoms with Crippen molar-refractivity contribution in [2.45, 2.75) is 44.6 Å². The van der Waals surface area contributed by atoms with Crippen molar-refractivity contribution < 1.29 is 9.53 Å². The van der Waals surface area contributed by atoms with Crippen LogP contribution in [0.5, 0.6) is 5.75 Å². The number of hydrogen-bond acceptors (Lipinski definition) is 2. The van der Waals surface area contributed by atoms with Gasteiger partial charge in [-0.2, -0.15) is 0 Å². The maximum atomic E-state index is 12.4. The summed E-state index contributed by atoms with van der Waals surface area (Å²) in [6.07, 6.45) is 4.89. The topological polar surface area (TPSA) is 38.3 Å². The smallest absolute Gasteiger partial charge is 0.224 e. The molecule has 0 saturated heterocycles. The lowest BCUT2D eigenvalue weighted by molar-refractivity contribution is -0.122. The van der Waals surface area contributed by atoms with Crippen molar-refractivity contribution in [3.63, 3.8) is 0 Å². The summed E-state index contributed by atoms with van der Waals surface area (Å²) < 4.78 is 5.20. The molecule has 1 aromatic carbocycles. The molecule has 1 aliphatic carbocycles. The quantitative estimate of drug-likeness (QED) is 0.819. The zero-order valence-corrected chi connectivity index (χ0v) is 14.4. The lowest BCUT2D eigenvalue weighted by atomic mass is 9.78. The Balaban J connectivity index is 1.96. The lowest BCUT2D eigenvalue weighted by Crippen LogP contribution is -2.52. The van der Waals surface area contributed by atoms with Crippen molar-refractivity contribution in [1.82, 2.24) is 5.32 Å². The first-order valence-electron chi connectivity index (χ1n) is 7.57. The second kappa shape index (κ2) is 7.30. The number of benzene rings is 1. The van der Waals surface area contributed by atoms with Gasteiger partial charge in [0.05, 0.1) is 13.5 Å². The van der Waals surface area contributed by atoms with Crippen molar-refractivity contribution in [2.75, 3.05) is 12.4 Å². The molecule has 1 aliphatic rings. The molecule has 1 saturated carbocycles. The number of carbonyl (C=O) groups is 1. The fourth-order valence-electron chi connectivity index (χ4n) is 2.91. The van der Waals surface area contributed by atoms with Crippen LogP contribution in [0.2, 0.25) is 0 Å². The molecule has 0 heterocycles. The predicted octanol–water partition coefficient (Wildman–Crippen LogP) is 3.70. The molecular formula is C17H24BrNO2. The first kappa shape index (κ1) is 16.3. The van der Waals surface area contributed by atoms with Crippen LogP contribution in [-0.2, 0) is 11.2 Å². The van der Waals surface area contributed by atoms with Crippen LogP contribution < -0.4 is 10.1 Å². The molecule has 3 nitrogen and oxygen atoms in total. The molecule has 116 valence electrons. The molecule has 1 aromatic rings. The Bertz CT molecular complexity index is 481. The zero-order chi connectivity index (χ0) is 15.3. The van der Waals surface area contributed by atoms with E-state index < -0.39 is 0 Å². The molecule has 0 aromatic heterocycles. The van der Waals surface area contributed by atoms with E-state index in [-0.39, 0.29) is 11.4 Å². The Morgan fingerprint density at radius 3 is 2.76 bits per heavy atom. The van der Waals surface area contributed by atoms with Gasteiger partial charge in [-0.3, -0.25) is 4.79 Å². The van der Waals surface area contributed by atoms with E-state index >= 15 is 0 Å². The third-order valence-electron chi connectivity index (χ3n) is 4.39. The van der Waals surface area contributed by atoms with Crippen LogP contribution in [0.1, 0.15) is 38.2 Å². The van der Waals surface area contributed by atoms with E-state index in [2.05, 4.69) is 28.2 Å². The molecule has 4 heteroatoms. The maximum absolute atomic E-state index is 12.4. The summed E-state index contributed by atoms with van der Waals surface area (Å²) in [5, 5.41) is 4.09. The molecule has 0 radical (unpaired) electrons. The summed E-state index contributed by atoms with van der Waals surface area (Å²) in [4.78, 5) is 12.4. The normalized spacial score (nSPS) is 25.4.